The van der Waals surface area contributed by atoms with E-state index in [1.807, 2.05) is 52.0 Å². The molecule has 3 rings (SSSR count). The highest BCUT2D eigenvalue weighted by molar-refractivity contribution is 9.10. The lowest BCUT2D eigenvalue weighted by molar-refractivity contribution is -0.118. The van der Waals surface area contributed by atoms with Gasteiger partial charge in [0, 0.05) is 16.4 Å². The maximum absolute atomic E-state index is 12.8. The number of nitrogens with one attached hydrogen (secondary N) is 2. The Morgan fingerprint density at radius 3 is 2.50 bits per heavy atom. The molecule has 0 unspecified atom stereocenters. The van der Waals surface area contributed by atoms with Crippen LogP contribution in [-0.4, -0.2) is 25.0 Å². The molecule has 3 aromatic rings. The van der Waals surface area contributed by atoms with Crippen LogP contribution in [0.2, 0.25) is 5.02 Å². The number of nitrogens with zero attached hydrogens (tertiary/aromatic N) is 1. The summed E-state index contributed by atoms with van der Waals surface area (Å²) in [6.45, 7) is 7.60. The molecule has 0 aromatic heterocycles. The average molecular weight is 597 g/mol. The molecule has 0 bridgehead atoms. The summed E-state index contributed by atoms with van der Waals surface area (Å²) in [7, 11) is 0. The molecule has 9 heteroatoms. The van der Waals surface area contributed by atoms with Gasteiger partial charge in [0.2, 0.25) is 0 Å². The van der Waals surface area contributed by atoms with Gasteiger partial charge in [-0.05, 0) is 102 Å². The summed E-state index contributed by atoms with van der Waals surface area (Å²) in [5, 5.41) is 15.7. The van der Waals surface area contributed by atoms with Gasteiger partial charge in [-0.25, -0.2) is 0 Å². The molecule has 2 N–H and O–H groups in total. The predicted molar refractivity (Wildman–Crippen MR) is 154 cm³/mol. The standard InChI is InChI=1S/C29H27BrClN3O4/c1-5-37-26-13-20(11-21(15-32)29(36)34-25-8-6-7-17(2)19(25)4)12-23(30)28(26)38-16-27(35)33-22-10-9-18(3)24(31)14-22/h6-14H,5,16H2,1-4H3,(H,33,35)(H,34,36)/b21-11-. The first-order chi connectivity index (χ1) is 18.1. The third kappa shape index (κ3) is 7.37. The summed E-state index contributed by atoms with van der Waals surface area (Å²) in [5.41, 5.74) is 4.52. The van der Waals surface area contributed by atoms with E-state index in [1.54, 1.807) is 30.3 Å². The zero-order chi connectivity index (χ0) is 27.8. The Bertz CT molecular complexity index is 1450. The Hall–Kier alpha value is -3.80. The molecular weight excluding hydrogens is 570 g/mol. The number of halogens is 2. The topological polar surface area (TPSA) is 100 Å². The minimum Gasteiger partial charge on any atom is -0.490 e. The smallest absolute Gasteiger partial charge is 0.266 e. The van der Waals surface area contributed by atoms with E-state index in [4.69, 9.17) is 21.1 Å². The molecule has 0 heterocycles. The van der Waals surface area contributed by atoms with Gasteiger partial charge in [-0.1, -0.05) is 29.8 Å². The van der Waals surface area contributed by atoms with Gasteiger partial charge in [0.15, 0.2) is 18.1 Å². The molecule has 3 aromatic carbocycles. The molecule has 0 spiro atoms. The minimum absolute atomic E-state index is 0.0786. The van der Waals surface area contributed by atoms with Crippen molar-refractivity contribution in [3.8, 4) is 17.6 Å². The Balaban J connectivity index is 1.78. The van der Waals surface area contributed by atoms with Gasteiger partial charge < -0.3 is 20.1 Å². The molecule has 7 nitrogen and oxygen atoms in total. The number of anilines is 2. The fourth-order valence-corrected chi connectivity index (χ4v) is 4.23. The highest BCUT2D eigenvalue weighted by Gasteiger charge is 2.16. The third-order valence-electron chi connectivity index (χ3n) is 5.66. The van der Waals surface area contributed by atoms with Crippen LogP contribution in [0.15, 0.2) is 58.6 Å². The number of amides is 2. The number of carbonyl (C=O) groups excluding carboxylic acids is 2. The summed E-state index contributed by atoms with van der Waals surface area (Å²) >= 11 is 9.58. The minimum atomic E-state index is -0.525. The Morgan fingerprint density at radius 2 is 1.82 bits per heavy atom. The van der Waals surface area contributed by atoms with Crippen molar-refractivity contribution in [3.63, 3.8) is 0 Å². The summed E-state index contributed by atoms with van der Waals surface area (Å²) in [5.74, 6) is -0.229. The van der Waals surface area contributed by atoms with E-state index in [9.17, 15) is 14.9 Å². The monoisotopic (exact) mass is 595 g/mol. The normalized spacial score (nSPS) is 10.9. The first-order valence-electron chi connectivity index (χ1n) is 11.8. The summed E-state index contributed by atoms with van der Waals surface area (Å²) < 4.78 is 12.0. The van der Waals surface area contributed by atoms with Crippen LogP contribution < -0.4 is 20.1 Å². The second kappa shape index (κ2) is 13.1. The van der Waals surface area contributed by atoms with Crippen LogP contribution in [0.1, 0.15) is 29.2 Å². The van der Waals surface area contributed by atoms with Crippen LogP contribution in [0.5, 0.6) is 11.5 Å². The van der Waals surface area contributed by atoms with Crippen LogP contribution in [0.3, 0.4) is 0 Å². The Morgan fingerprint density at radius 1 is 1.05 bits per heavy atom. The second-order valence-corrected chi connectivity index (χ2v) is 9.70. The molecular formula is C29H27BrClN3O4. The zero-order valence-corrected chi connectivity index (χ0v) is 23.8. The lowest BCUT2D eigenvalue weighted by Gasteiger charge is -2.15. The highest BCUT2D eigenvalue weighted by Crippen LogP contribution is 2.37. The number of hydrogen-bond acceptors (Lipinski definition) is 5. The van der Waals surface area contributed by atoms with Crippen molar-refractivity contribution in [1.29, 1.82) is 5.26 Å². The van der Waals surface area contributed by atoms with Crippen molar-refractivity contribution in [3.05, 3.63) is 85.9 Å². The summed E-state index contributed by atoms with van der Waals surface area (Å²) in [4.78, 5) is 25.3. The van der Waals surface area contributed by atoms with Crippen molar-refractivity contribution in [1.82, 2.24) is 0 Å². The average Bonchev–Trinajstić information content (AvgIpc) is 2.87. The van der Waals surface area contributed by atoms with E-state index in [2.05, 4.69) is 26.6 Å². The highest BCUT2D eigenvalue weighted by atomic mass is 79.9. The Labute approximate surface area is 235 Å². The zero-order valence-electron chi connectivity index (χ0n) is 21.4. The van der Waals surface area contributed by atoms with Crippen LogP contribution >= 0.6 is 27.5 Å². The molecule has 2 amide bonds. The maximum Gasteiger partial charge on any atom is 0.266 e. The molecule has 0 fully saturated rings. The Kier molecular flexibility index (Phi) is 9.94. The molecule has 38 heavy (non-hydrogen) atoms. The summed E-state index contributed by atoms with van der Waals surface area (Å²) in [6, 6.07) is 16.1. The predicted octanol–water partition coefficient (Wildman–Crippen LogP) is 6.99. The fourth-order valence-electron chi connectivity index (χ4n) is 3.47. The van der Waals surface area contributed by atoms with Crippen molar-refractivity contribution in [2.75, 3.05) is 23.8 Å². The number of carbonyl (C=O) groups is 2. The van der Waals surface area contributed by atoms with E-state index in [1.165, 1.54) is 6.08 Å². The van der Waals surface area contributed by atoms with Crippen LogP contribution in [-0.2, 0) is 9.59 Å². The SMILES string of the molecule is CCOc1cc(/C=C(/C#N)C(=O)Nc2cccc(C)c2C)cc(Br)c1OCC(=O)Nc1ccc(C)c(Cl)c1. The number of rotatable bonds is 9. The van der Waals surface area contributed by atoms with Gasteiger partial charge in [0.1, 0.15) is 11.6 Å². The van der Waals surface area contributed by atoms with Gasteiger partial charge in [0.25, 0.3) is 11.8 Å². The molecule has 0 saturated heterocycles. The quantitative estimate of drug-likeness (QED) is 0.205. The molecule has 0 atom stereocenters. The number of ether oxygens (including phenoxy) is 2. The van der Waals surface area contributed by atoms with Crippen LogP contribution in [0.25, 0.3) is 6.08 Å². The first-order valence-corrected chi connectivity index (χ1v) is 12.9. The van der Waals surface area contributed by atoms with Crippen LogP contribution in [0, 0.1) is 32.1 Å². The number of hydrogen-bond donors (Lipinski definition) is 2. The van der Waals surface area contributed by atoms with E-state index >= 15 is 0 Å². The summed E-state index contributed by atoms with van der Waals surface area (Å²) in [6.07, 6.45) is 1.46. The van der Waals surface area contributed by atoms with Gasteiger partial charge in [0.05, 0.1) is 11.1 Å². The molecule has 0 radical (unpaired) electrons. The number of aryl methyl sites for hydroxylation is 2. The lowest BCUT2D eigenvalue weighted by Crippen LogP contribution is -2.20. The van der Waals surface area contributed by atoms with Crippen LogP contribution in [0.4, 0.5) is 11.4 Å². The fraction of sp³-hybridized carbons (Fsp3) is 0.207. The van der Waals surface area contributed by atoms with E-state index in [-0.39, 0.29) is 18.1 Å². The molecule has 0 aliphatic carbocycles. The van der Waals surface area contributed by atoms with Crippen molar-refractivity contribution in [2.24, 2.45) is 0 Å². The van der Waals surface area contributed by atoms with Crippen molar-refractivity contribution < 1.29 is 19.1 Å². The molecule has 0 aliphatic rings. The number of benzene rings is 3. The second-order valence-electron chi connectivity index (χ2n) is 8.44. The van der Waals surface area contributed by atoms with Crippen molar-refractivity contribution in [2.45, 2.75) is 27.7 Å². The van der Waals surface area contributed by atoms with Crippen molar-refractivity contribution >= 4 is 56.8 Å². The third-order valence-corrected chi connectivity index (χ3v) is 6.66. The van der Waals surface area contributed by atoms with Gasteiger partial charge in [-0.15, -0.1) is 0 Å². The van der Waals surface area contributed by atoms with Gasteiger partial charge in [-0.3, -0.25) is 9.59 Å². The van der Waals surface area contributed by atoms with E-state index < -0.39 is 5.91 Å². The maximum atomic E-state index is 12.8. The van der Waals surface area contributed by atoms with Gasteiger partial charge >= 0.3 is 0 Å². The lowest BCUT2D eigenvalue weighted by atomic mass is 10.1. The van der Waals surface area contributed by atoms with E-state index in [0.717, 1.165) is 16.7 Å². The largest absolute Gasteiger partial charge is 0.490 e. The molecule has 196 valence electrons. The molecule has 0 aliphatic heterocycles. The van der Waals surface area contributed by atoms with Gasteiger partial charge in [-0.2, -0.15) is 5.26 Å². The molecule has 0 saturated carbocycles. The number of nitriles is 1. The van der Waals surface area contributed by atoms with E-state index in [0.29, 0.717) is 44.5 Å². The first kappa shape index (κ1) is 28.8.